The van der Waals surface area contributed by atoms with Gasteiger partial charge in [0, 0.05) is 42.3 Å². The molecule has 3 rings (SSSR count). The quantitative estimate of drug-likeness (QED) is 0.882. The van der Waals surface area contributed by atoms with Gasteiger partial charge in [-0.3, -0.25) is 0 Å². The Balaban J connectivity index is 2.10. The lowest BCUT2D eigenvalue weighted by Gasteiger charge is -2.18. The van der Waals surface area contributed by atoms with E-state index >= 15 is 0 Å². The number of nitrogens with one attached hydrogen (secondary N) is 1. The molecular formula is C15H19N3O. The number of nitrogens with zero attached hydrogens (tertiary/aromatic N) is 2. The first-order chi connectivity index (χ1) is 9.13. The number of aryl methyl sites for hydroxylation is 1. The molecule has 1 aromatic carbocycles. The summed E-state index contributed by atoms with van der Waals surface area (Å²) < 4.78 is 0. The Bertz CT molecular complexity index is 631. The van der Waals surface area contributed by atoms with Crippen molar-refractivity contribution in [3.05, 3.63) is 35.5 Å². The Hall–Kier alpha value is -1.97. The monoisotopic (exact) mass is 257 g/mol. The number of amides is 2. The zero-order chi connectivity index (χ0) is 13.6. The van der Waals surface area contributed by atoms with E-state index in [0.29, 0.717) is 0 Å². The van der Waals surface area contributed by atoms with Crippen LogP contribution in [0.2, 0.25) is 0 Å². The van der Waals surface area contributed by atoms with Crippen LogP contribution in [0, 0.1) is 6.92 Å². The van der Waals surface area contributed by atoms with Gasteiger partial charge in [-0.15, -0.1) is 0 Å². The van der Waals surface area contributed by atoms with Gasteiger partial charge in [0.2, 0.25) is 0 Å². The maximum absolute atomic E-state index is 12.1. The molecule has 2 amide bonds. The highest BCUT2D eigenvalue weighted by Crippen LogP contribution is 2.35. The number of aromatic nitrogens is 1. The molecular weight excluding hydrogens is 238 g/mol. The summed E-state index contributed by atoms with van der Waals surface area (Å²) in [5.74, 6) is 0. The largest absolute Gasteiger partial charge is 0.358 e. The maximum Gasteiger partial charge on any atom is 0.320 e. The van der Waals surface area contributed by atoms with Gasteiger partial charge in [0.05, 0.1) is 6.04 Å². The number of benzene rings is 1. The third-order valence-corrected chi connectivity index (χ3v) is 4.09. The molecule has 2 aromatic rings. The lowest BCUT2D eigenvalue weighted by atomic mass is 10.0. The summed E-state index contributed by atoms with van der Waals surface area (Å²) in [5.41, 5.74) is 3.55. The number of para-hydroxylation sites is 1. The summed E-state index contributed by atoms with van der Waals surface area (Å²) in [5, 5.41) is 1.22. The standard InChI is InChI=1S/C15H19N3O/c1-4-18-9-13(17(3)15(18)19)14-10(2)16-12-8-6-5-7-11(12)14/h5-8,13,16H,4,9H2,1-3H3. The summed E-state index contributed by atoms with van der Waals surface area (Å²) in [6, 6.07) is 8.55. The van der Waals surface area contributed by atoms with Crippen LogP contribution in [-0.2, 0) is 0 Å². The summed E-state index contributed by atoms with van der Waals surface area (Å²) in [4.78, 5) is 19.3. The number of rotatable bonds is 2. The number of fused-ring (bicyclic) bond motifs is 1. The Morgan fingerprint density at radius 3 is 2.79 bits per heavy atom. The predicted molar refractivity (Wildman–Crippen MR) is 76.2 cm³/mol. The number of aromatic amines is 1. The molecule has 1 aliphatic heterocycles. The molecule has 1 N–H and O–H groups in total. The second kappa shape index (κ2) is 4.30. The fraction of sp³-hybridized carbons (Fsp3) is 0.400. The van der Waals surface area contributed by atoms with E-state index in [9.17, 15) is 4.79 Å². The van der Waals surface area contributed by atoms with E-state index in [2.05, 4.69) is 24.0 Å². The highest BCUT2D eigenvalue weighted by molar-refractivity contribution is 5.87. The number of carbonyl (C=O) groups is 1. The first-order valence-electron chi connectivity index (χ1n) is 6.72. The van der Waals surface area contributed by atoms with Crippen LogP contribution in [0.4, 0.5) is 4.79 Å². The van der Waals surface area contributed by atoms with Crippen LogP contribution >= 0.6 is 0 Å². The molecule has 1 saturated heterocycles. The van der Waals surface area contributed by atoms with E-state index in [1.807, 2.05) is 35.9 Å². The van der Waals surface area contributed by atoms with Crippen LogP contribution in [0.1, 0.15) is 24.2 Å². The summed E-state index contributed by atoms with van der Waals surface area (Å²) in [7, 11) is 1.89. The molecule has 0 aliphatic carbocycles. The lowest BCUT2D eigenvalue weighted by molar-refractivity contribution is 0.197. The third kappa shape index (κ3) is 1.70. The van der Waals surface area contributed by atoms with Gasteiger partial charge in [0.1, 0.15) is 0 Å². The van der Waals surface area contributed by atoms with Gasteiger partial charge in [-0.1, -0.05) is 18.2 Å². The van der Waals surface area contributed by atoms with Gasteiger partial charge >= 0.3 is 6.03 Å². The Morgan fingerprint density at radius 2 is 2.11 bits per heavy atom. The number of hydrogen-bond donors (Lipinski definition) is 1. The van der Waals surface area contributed by atoms with Crippen molar-refractivity contribution in [2.75, 3.05) is 20.1 Å². The average molecular weight is 257 g/mol. The second-order valence-corrected chi connectivity index (χ2v) is 5.16. The van der Waals surface area contributed by atoms with Crippen molar-refractivity contribution in [3.8, 4) is 0 Å². The van der Waals surface area contributed by atoms with E-state index in [-0.39, 0.29) is 12.1 Å². The van der Waals surface area contributed by atoms with Gasteiger partial charge in [0.15, 0.2) is 0 Å². The normalized spacial score (nSPS) is 19.7. The molecule has 4 nitrogen and oxygen atoms in total. The fourth-order valence-corrected chi connectivity index (χ4v) is 3.04. The van der Waals surface area contributed by atoms with Crippen molar-refractivity contribution in [2.45, 2.75) is 19.9 Å². The van der Waals surface area contributed by atoms with Crippen LogP contribution in [0.5, 0.6) is 0 Å². The fourth-order valence-electron chi connectivity index (χ4n) is 3.04. The molecule has 1 unspecified atom stereocenters. The molecule has 4 heteroatoms. The SMILES string of the molecule is CCN1CC(c2c(C)[nH]c3ccccc23)N(C)C1=O. The number of hydrogen-bond acceptors (Lipinski definition) is 1. The van der Waals surface area contributed by atoms with Gasteiger partial charge in [-0.25, -0.2) is 4.79 Å². The number of H-pyrrole nitrogens is 1. The van der Waals surface area contributed by atoms with Crippen LogP contribution < -0.4 is 0 Å². The molecule has 2 heterocycles. The summed E-state index contributed by atoms with van der Waals surface area (Å²) in [6.07, 6.45) is 0. The molecule has 0 radical (unpaired) electrons. The first-order valence-corrected chi connectivity index (χ1v) is 6.72. The van der Waals surface area contributed by atoms with E-state index in [1.165, 1.54) is 10.9 Å². The zero-order valence-corrected chi connectivity index (χ0v) is 11.6. The van der Waals surface area contributed by atoms with Crippen molar-refractivity contribution in [1.82, 2.24) is 14.8 Å². The average Bonchev–Trinajstić information content (AvgIpc) is 2.88. The molecule has 1 fully saturated rings. The molecule has 1 atom stereocenters. The molecule has 0 spiro atoms. The first kappa shape index (κ1) is 12.1. The van der Waals surface area contributed by atoms with Crippen LogP contribution in [0.25, 0.3) is 10.9 Å². The van der Waals surface area contributed by atoms with Crippen molar-refractivity contribution in [3.63, 3.8) is 0 Å². The maximum atomic E-state index is 12.1. The van der Waals surface area contributed by atoms with Crippen LogP contribution in [-0.4, -0.2) is 41.0 Å². The van der Waals surface area contributed by atoms with E-state index in [4.69, 9.17) is 0 Å². The van der Waals surface area contributed by atoms with Gasteiger partial charge in [0.25, 0.3) is 0 Å². The van der Waals surface area contributed by atoms with Crippen molar-refractivity contribution >= 4 is 16.9 Å². The zero-order valence-electron chi connectivity index (χ0n) is 11.6. The molecule has 100 valence electrons. The lowest BCUT2D eigenvalue weighted by Crippen LogP contribution is -2.29. The van der Waals surface area contributed by atoms with E-state index in [0.717, 1.165) is 24.3 Å². The molecule has 1 aromatic heterocycles. The predicted octanol–water partition coefficient (Wildman–Crippen LogP) is 2.90. The minimum absolute atomic E-state index is 0.122. The molecule has 19 heavy (non-hydrogen) atoms. The Morgan fingerprint density at radius 1 is 1.37 bits per heavy atom. The highest BCUT2D eigenvalue weighted by Gasteiger charge is 2.36. The second-order valence-electron chi connectivity index (χ2n) is 5.16. The molecule has 0 bridgehead atoms. The molecule has 1 aliphatic rings. The van der Waals surface area contributed by atoms with Crippen molar-refractivity contribution in [2.24, 2.45) is 0 Å². The van der Waals surface area contributed by atoms with Gasteiger partial charge in [-0.05, 0) is 19.9 Å². The van der Waals surface area contributed by atoms with Crippen molar-refractivity contribution < 1.29 is 4.79 Å². The van der Waals surface area contributed by atoms with Crippen LogP contribution in [0.3, 0.4) is 0 Å². The Kier molecular flexibility index (Phi) is 2.73. The minimum Gasteiger partial charge on any atom is -0.358 e. The smallest absolute Gasteiger partial charge is 0.320 e. The number of carbonyl (C=O) groups excluding carboxylic acids is 1. The molecule has 0 saturated carbocycles. The van der Waals surface area contributed by atoms with Gasteiger partial charge < -0.3 is 14.8 Å². The summed E-state index contributed by atoms with van der Waals surface area (Å²) >= 11 is 0. The van der Waals surface area contributed by atoms with Crippen molar-refractivity contribution in [1.29, 1.82) is 0 Å². The van der Waals surface area contributed by atoms with E-state index in [1.54, 1.807) is 0 Å². The van der Waals surface area contributed by atoms with E-state index < -0.39 is 0 Å². The third-order valence-electron chi connectivity index (χ3n) is 4.09. The van der Waals surface area contributed by atoms with Crippen LogP contribution in [0.15, 0.2) is 24.3 Å². The topological polar surface area (TPSA) is 39.3 Å². The summed E-state index contributed by atoms with van der Waals surface area (Å²) in [6.45, 7) is 5.65. The highest BCUT2D eigenvalue weighted by atomic mass is 16.2. The van der Waals surface area contributed by atoms with Gasteiger partial charge in [-0.2, -0.15) is 0 Å². The Labute approximate surface area is 113 Å². The minimum atomic E-state index is 0.122. The number of likely N-dealkylation sites (N-methyl/N-ethyl adjacent to an activating group) is 2. The number of urea groups is 1.